The van der Waals surface area contributed by atoms with Crippen molar-refractivity contribution in [3.05, 3.63) is 34.3 Å². The van der Waals surface area contributed by atoms with E-state index in [0.717, 1.165) is 4.47 Å². The van der Waals surface area contributed by atoms with Gasteiger partial charge in [0, 0.05) is 23.1 Å². The second-order valence-electron chi connectivity index (χ2n) is 4.61. The molecule has 2 N–H and O–H groups in total. The molecule has 7 heteroatoms. The van der Waals surface area contributed by atoms with Crippen LogP contribution >= 0.6 is 15.9 Å². The molecule has 1 atom stereocenters. The summed E-state index contributed by atoms with van der Waals surface area (Å²) in [6, 6.07) is 7.05. The van der Waals surface area contributed by atoms with Gasteiger partial charge in [0.1, 0.15) is 0 Å². The van der Waals surface area contributed by atoms with Crippen LogP contribution in [0.15, 0.2) is 28.7 Å². The van der Waals surface area contributed by atoms with Gasteiger partial charge in [0.2, 0.25) is 10.0 Å². The van der Waals surface area contributed by atoms with Crippen molar-refractivity contribution in [2.24, 2.45) is 5.14 Å². The van der Waals surface area contributed by atoms with Crippen molar-refractivity contribution in [2.75, 3.05) is 13.1 Å². The second-order valence-corrected chi connectivity index (χ2v) is 7.38. The normalized spacial score (nSPS) is 20.3. The molecule has 104 valence electrons. The van der Waals surface area contributed by atoms with Crippen LogP contribution in [0.25, 0.3) is 0 Å². The van der Waals surface area contributed by atoms with Crippen molar-refractivity contribution in [3.8, 4) is 0 Å². The molecule has 1 fully saturated rings. The van der Waals surface area contributed by atoms with Gasteiger partial charge < -0.3 is 4.90 Å². The zero-order valence-electron chi connectivity index (χ0n) is 10.3. The van der Waals surface area contributed by atoms with Crippen LogP contribution in [0.2, 0.25) is 0 Å². The number of nitrogens with zero attached hydrogens (tertiary/aromatic N) is 1. The number of benzene rings is 1. The van der Waals surface area contributed by atoms with Crippen molar-refractivity contribution in [2.45, 2.75) is 18.1 Å². The predicted molar refractivity (Wildman–Crippen MR) is 76.2 cm³/mol. The number of amides is 1. The molecule has 0 aliphatic carbocycles. The van der Waals surface area contributed by atoms with Gasteiger partial charge in [0.05, 0.1) is 5.25 Å². The first-order valence-corrected chi connectivity index (χ1v) is 8.34. The number of piperidine rings is 1. The first-order valence-electron chi connectivity index (χ1n) is 5.94. The molecule has 1 saturated heterocycles. The summed E-state index contributed by atoms with van der Waals surface area (Å²) in [4.78, 5) is 13.8. The van der Waals surface area contributed by atoms with Crippen LogP contribution < -0.4 is 5.14 Å². The topological polar surface area (TPSA) is 80.5 Å². The monoisotopic (exact) mass is 346 g/mol. The predicted octanol–water partition coefficient (Wildman–Crippen LogP) is 1.34. The first kappa shape index (κ1) is 14.5. The summed E-state index contributed by atoms with van der Waals surface area (Å²) < 4.78 is 23.6. The van der Waals surface area contributed by atoms with Gasteiger partial charge in [-0.1, -0.05) is 22.0 Å². The maximum absolute atomic E-state index is 12.3. The number of hydrogen-bond donors (Lipinski definition) is 1. The van der Waals surface area contributed by atoms with Crippen LogP contribution in [0, 0.1) is 0 Å². The number of likely N-dealkylation sites (tertiary alicyclic amines) is 1. The van der Waals surface area contributed by atoms with E-state index in [1.807, 2.05) is 6.07 Å². The molecule has 0 bridgehead atoms. The number of nitrogens with two attached hydrogens (primary N) is 1. The Kier molecular flexibility index (Phi) is 4.27. The molecule has 1 aromatic rings. The van der Waals surface area contributed by atoms with E-state index in [9.17, 15) is 13.2 Å². The molecule has 0 spiro atoms. The summed E-state index contributed by atoms with van der Waals surface area (Å²) in [7, 11) is -3.59. The third kappa shape index (κ3) is 3.55. The summed E-state index contributed by atoms with van der Waals surface area (Å²) in [5, 5.41) is 4.51. The van der Waals surface area contributed by atoms with Crippen LogP contribution in [0.1, 0.15) is 23.2 Å². The third-order valence-corrected chi connectivity index (χ3v) is 5.01. The Balaban J connectivity index is 2.16. The van der Waals surface area contributed by atoms with E-state index in [-0.39, 0.29) is 12.5 Å². The molecule has 1 aliphatic heterocycles. The molecule has 1 amide bonds. The first-order chi connectivity index (χ1) is 8.88. The fraction of sp³-hybridized carbons (Fsp3) is 0.417. The van der Waals surface area contributed by atoms with Gasteiger partial charge in [-0.3, -0.25) is 4.79 Å². The molecule has 1 heterocycles. The van der Waals surface area contributed by atoms with Gasteiger partial charge >= 0.3 is 0 Å². The van der Waals surface area contributed by atoms with E-state index in [1.165, 1.54) is 0 Å². The lowest BCUT2D eigenvalue weighted by Gasteiger charge is -2.31. The van der Waals surface area contributed by atoms with Gasteiger partial charge in [0.25, 0.3) is 5.91 Å². The molecule has 0 saturated carbocycles. The third-order valence-electron chi connectivity index (χ3n) is 3.20. The van der Waals surface area contributed by atoms with Crippen LogP contribution in [0.5, 0.6) is 0 Å². The fourth-order valence-corrected chi connectivity index (χ4v) is 3.48. The molecule has 0 radical (unpaired) electrons. The van der Waals surface area contributed by atoms with Crippen molar-refractivity contribution in [1.82, 2.24) is 4.90 Å². The molecule has 1 unspecified atom stereocenters. The zero-order valence-corrected chi connectivity index (χ0v) is 12.7. The Morgan fingerprint density at radius 3 is 2.79 bits per heavy atom. The maximum atomic E-state index is 12.3. The van der Waals surface area contributed by atoms with Crippen LogP contribution in [-0.2, 0) is 10.0 Å². The van der Waals surface area contributed by atoms with E-state index in [1.54, 1.807) is 23.1 Å². The van der Waals surface area contributed by atoms with E-state index in [4.69, 9.17) is 5.14 Å². The van der Waals surface area contributed by atoms with Crippen molar-refractivity contribution in [1.29, 1.82) is 0 Å². The highest BCUT2D eigenvalue weighted by molar-refractivity contribution is 9.10. The highest BCUT2D eigenvalue weighted by Crippen LogP contribution is 2.19. The molecule has 0 aromatic heterocycles. The second kappa shape index (κ2) is 5.60. The average Bonchev–Trinajstić information content (AvgIpc) is 2.37. The van der Waals surface area contributed by atoms with E-state index in [2.05, 4.69) is 15.9 Å². The van der Waals surface area contributed by atoms with Crippen molar-refractivity contribution < 1.29 is 13.2 Å². The molecule has 1 aromatic carbocycles. The zero-order chi connectivity index (χ0) is 14.0. The molecular weight excluding hydrogens is 332 g/mol. The lowest BCUT2D eigenvalue weighted by molar-refractivity contribution is 0.0727. The Labute approximate surface area is 121 Å². The highest BCUT2D eigenvalue weighted by Gasteiger charge is 2.30. The average molecular weight is 347 g/mol. The summed E-state index contributed by atoms with van der Waals surface area (Å²) in [5.41, 5.74) is 0.546. The standard InChI is InChI=1S/C12H15BrN2O3S/c13-10-4-1-3-9(7-10)12(16)15-6-2-5-11(8-15)19(14,17)18/h1,3-4,7,11H,2,5-6,8H2,(H2,14,17,18). The maximum Gasteiger partial charge on any atom is 0.253 e. The number of carbonyl (C=O) groups is 1. The summed E-state index contributed by atoms with van der Waals surface area (Å²) >= 11 is 3.31. The van der Waals surface area contributed by atoms with Crippen LogP contribution in [0.4, 0.5) is 0 Å². The quantitative estimate of drug-likeness (QED) is 0.877. The van der Waals surface area contributed by atoms with Crippen molar-refractivity contribution >= 4 is 31.9 Å². The lowest BCUT2D eigenvalue weighted by Crippen LogP contribution is -2.47. The smallest absolute Gasteiger partial charge is 0.253 e. The summed E-state index contributed by atoms with van der Waals surface area (Å²) in [6.45, 7) is 0.738. The van der Waals surface area contributed by atoms with Gasteiger partial charge in [-0.25, -0.2) is 13.6 Å². The number of halogens is 1. The van der Waals surface area contributed by atoms with E-state index >= 15 is 0 Å². The van der Waals surface area contributed by atoms with Gasteiger partial charge in [-0.2, -0.15) is 0 Å². The minimum absolute atomic E-state index is 0.158. The molecule has 19 heavy (non-hydrogen) atoms. The Hall–Kier alpha value is -0.920. The number of primary sulfonamides is 1. The number of hydrogen-bond acceptors (Lipinski definition) is 3. The Morgan fingerprint density at radius 2 is 2.16 bits per heavy atom. The van der Waals surface area contributed by atoms with Crippen LogP contribution in [0.3, 0.4) is 0 Å². The minimum atomic E-state index is -3.59. The number of carbonyl (C=O) groups excluding carboxylic acids is 1. The lowest BCUT2D eigenvalue weighted by atomic mass is 10.1. The van der Waals surface area contributed by atoms with Gasteiger partial charge in [0.15, 0.2) is 0 Å². The van der Waals surface area contributed by atoms with Gasteiger partial charge in [-0.15, -0.1) is 0 Å². The summed E-state index contributed by atoms with van der Waals surface area (Å²) in [5.74, 6) is -0.158. The summed E-state index contributed by atoms with van der Waals surface area (Å²) in [6.07, 6.45) is 1.17. The van der Waals surface area contributed by atoms with Crippen molar-refractivity contribution in [3.63, 3.8) is 0 Å². The van der Waals surface area contributed by atoms with E-state index in [0.29, 0.717) is 24.9 Å². The Morgan fingerprint density at radius 1 is 1.42 bits per heavy atom. The molecule has 5 nitrogen and oxygen atoms in total. The molecular formula is C12H15BrN2O3S. The SMILES string of the molecule is NS(=O)(=O)C1CCCN(C(=O)c2cccc(Br)c2)C1. The highest BCUT2D eigenvalue weighted by atomic mass is 79.9. The largest absolute Gasteiger partial charge is 0.337 e. The van der Waals surface area contributed by atoms with Gasteiger partial charge in [-0.05, 0) is 31.0 Å². The molecule has 2 rings (SSSR count). The Bertz CT molecular complexity index is 588. The number of sulfonamides is 1. The minimum Gasteiger partial charge on any atom is -0.337 e. The number of rotatable bonds is 2. The molecule has 1 aliphatic rings. The van der Waals surface area contributed by atoms with E-state index < -0.39 is 15.3 Å². The van der Waals surface area contributed by atoms with Crippen LogP contribution in [-0.4, -0.2) is 37.6 Å². The fourth-order valence-electron chi connectivity index (χ4n) is 2.19.